The molecule has 1 saturated carbocycles. The summed E-state index contributed by atoms with van der Waals surface area (Å²) in [5.74, 6) is -1.17. The van der Waals surface area contributed by atoms with Crippen LogP contribution in [0.5, 0.6) is 5.75 Å². The van der Waals surface area contributed by atoms with Crippen LogP contribution in [0.2, 0.25) is 0 Å². The van der Waals surface area contributed by atoms with Gasteiger partial charge in [-0.05, 0) is 53.6 Å². The van der Waals surface area contributed by atoms with Crippen LogP contribution in [0.4, 0.5) is 4.79 Å². The monoisotopic (exact) mass is 678 g/mol. The second kappa shape index (κ2) is 17.1. The standard InChI is InChI=1S/C39H42N4O7/c1-49-31-19-17-28(18-20-31)24-33(42-37(47)39(21-22-39)43-38(48)50-26-30-15-9-4-10-16-30)35(45)41-32(23-27-11-5-2-6-12-27)34(44)36(46)40-25-29-13-7-3-8-14-29/h2-20,32-34,44H,21-26H2,1H3,(H,40,46)(H,41,45)(H,42,47)(H,43,48)/t32?,33-,34?/m0/s1. The maximum absolute atomic E-state index is 14.0. The quantitative estimate of drug-likeness (QED) is 0.121. The van der Waals surface area contributed by atoms with Gasteiger partial charge in [0.05, 0.1) is 13.2 Å². The fourth-order valence-electron chi connectivity index (χ4n) is 5.46. The van der Waals surface area contributed by atoms with Crippen LogP contribution in [-0.4, -0.2) is 59.8 Å². The Balaban J connectivity index is 1.30. The Kier molecular flexibility index (Phi) is 12.2. The Bertz CT molecular complexity index is 1720. The number of rotatable bonds is 16. The van der Waals surface area contributed by atoms with Gasteiger partial charge in [0.15, 0.2) is 6.10 Å². The molecule has 50 heavy (non-hydrogen) atoms. The summed E-state index contributed by atoms with van der Waals surface area (Å²) >= 11 is 0. The number of carbonyl (C=O) groups excluding carboxylic acids is 4. The molecule has 260 valence electrons. The minimum atomic E-state index is -1.60. The van der Waals surface area contributed by atoms with Crippen molar-refractivity contribution in [2.24, 2.45) is 0 Å². The molecule has 5 rings (SSSR count). The maximum atomic E-state index is 14.0. The summed E-state index contributed by atoms with van der Waals surface area (Å²) in [4.78, 5) is 53.6. The first-order valence-electron chi connectivity index (χ1n) is 16.5. The zero-order valence-corrected chi connectivity index (χ0v) is 27.8. The van der Waals surface area contributed by atoms with Gasteiger partial charge in [0.25, 0.3) is 5.91 Å². The average molecular weight is 679 g/mol. The number of alkyl carbamates (subject to hydrolysis) is 1. The number of aliphatic hydroxyl groups excluding tert-OH is 1. The van der Waals surface area contributed by atoms with E-state index in [0.717, 1.165) is 22.3 Å². The molecule has 0 aliphatic heterocycles. The Hall–Kier alpha value is -5.68. The van der Waals surface area contributed by atoms with Crippen LogP contribution in [0.3, 0.4) is 0 Å². The smallest absolute Gasteiger partial charge is 0.408 e. The molecule has 3 atom stereocenters. The van der Waals surface area contributed by atoms with E-state index in [1.807, 2.05) is 91.0 Å². The van der Waals surface area contributed by atoms with E-state index >= 15 is 0 Å². The highest BCUT2D eigenvalue weighted by Gasteiger charge is 2.52. The van der Waals surface area contributed by atoms with E-state index < -0.39 is 47.5 Å². The van der Waals surface area contributed by atoms with Crippen LogP contribution in [0.25, 0.3) is 0 Å². The molecule has 1 aliphatic carbocycles. The normalized spacial score (nSPS) is 14.6. The number of hydrogen-bond acceptors (Lipinski definition) is 7. The molecule has 0 aromatic heterocycles. The van der Waals surface area contributed by atoms with Gasteiger partial charge < -0.3 is 35.8 Å². The Morgan fingerprint density at radius 3 is 1.84 bits per heavy atom. The third-order valence-corrected chi connectivity index (χ3v) is 8.54. The van der Waals surface area contributed by atoms with Gasteiger partial charge in [-0.2, -0.15) is 0 Å². The zero-order chi connectivity index (χ0) is 35.3. The van der Waals surface area contributed by atoms with Gasteiger partial charge in [-0.1, -0.05) is 103 Å². The minimum Gasteiger partial charge on any atom is -0.497 e. The number of amides is 4. The van der Waals surface area contributed by atoms with Crippen molar-refractivity contribution in [1.29, 1.82) is 0 Å². The molecule has 0 heterocycles. The average Bonchev–Trinajstić information content (AvgIpc) is 3.94. The largest absolute Gasteiger partial charge is 0.497 e. The van der Waals surface area contributed by atoms with E-state index in [1.54, 1.807) is 31.4 Å². The summed E-state index contributed by atoms with van der Waals surface area (Å²) < 4.78 is 10.6. The molecule has 1 aliphatic rings. The first kappa shape index (κ1) is 35.6. The number of aliphatic hydroxyl groups is 1. The molecule has 4 aromatic carbocycles. The van der Waals surface area contributed by atoms with Gasteiger partial charge in [0.1, 0.15) is 23.9 Å². The lowest BCUT2D eigenvalue weighted by Gasteiger charge is -2.28. The molecule has 0 bridgehead atoms. The third kappa shape index (κ3) is 10.2. The van der Waals surface area contributed by atoms with Crippen molar-refractivity contribution < 1.29 is 33.8 Å². The van der Waals surface area contributed by atoms with E-state index in [4.69, 9.17) is 9.47 Å². The maximum Gasteiger partial charge on any atom is 0.408 e. The summed E-state index contributed by atoms with van der Waals surface area (Å²) in [5, 5.41) is 22.4. The van der Waals surface area contributed by atoms with Gasteiger partial charge in [0.2, 0.25) is 11.8 Å². The highest BCUT2D eigenvalue weighted by Crippen LogP contribution is 2.36. The van der Waals surface area contributed by atoms with Crippen LogP contribution in [0.15, 0.2) is 115 Å². The van der Waals surface area contributed by atoms with Crippen LogP contribution < -0.4 is 26.0 Å². The van der Waals surface area contributed by atoms with E-state index in [0.29, 0.717) is 18.6 Å². The minimum absolute atomic E-state index is 0.0386. The van der Waals surface area contributed by atoms with Crippen molar-refractivity contribution in [2.45, 2.75) is 62.6 Å². The topological polar surface area (TPSA) is 155 Å². The first-order valence-corrected chi connectivity index (χ1v) is 16.5. The van der Waals surface area contributed by atoms with Crippen molar-refractivity contribution in [3.63, 3.8) is 0 Å². The fraction of sp³-hybridized carbons (Fsp3) is 0.282. The van der Waals surface area contributed by atoms with Gasteiger partial charge >= 0.3 is 6.09 Å². The number of ether oxygens (including phenoxy) is 2. The van der Waals surface area contributed by atoms with Crippen molar-refractivity contribution in [1.82, 2.24) is 21.3 Å². The van der Waals surface area contributed by atoms with E-state index in [1.165, 1.54) is 0 Å². The molecular weight excluding hydrogens is 636 g/mol. The number of nitrogens with one attached hydrogen (secondary N) is 4. The Labute approximate surface area is 291 Å². The fourth-order valence-corrected chi connectivity index (χ4v) is 5.46. The van der Waals surface area contributed by atoms with E-state index in [9.17, 15) is 24.3 Å². The number of methoxy groups -OCH3 is 1. The Morgan fingerprint density at radius 1 is 0.700 bits per heavy atom. The van der Waals surface area contributed by atoms with Crippen molar-refractivity contribution in [3.05, 3.63) is 138 Å². The second-order valence-corrected chi connectivity index (χ2v) is 12.3. The van der Waals surface area contributed by atoms with Crippen LogP contribution >= 0.6 is 0 Å². The SMILES string of the molecule is COc1ccc(C[C@H](NC(=O)C2(NC(=O)OCc3ccccc3)CC2)C(=O)NC(Cc2ccccc2)C(O)C(=O)NCc2ccccc2)cc1. The van der Waals surface area contributed by atoms with E-state index in [-0.39, 0.29) is 26.0 Å². The number of benzene rings is 4. The van der Waals surface area contributed by atoms with E-state index in [2.05, 4.69) is 21.3 Å². The molecule has 11 heteroatoms. The summed E-state index contributed by atoms with van der Waals surface area (Å²) in [6.07, 6.45) is -1.37. The molecule has 11 nitrogen and oxygen atoms in total. The summed E-state index contributed by atoms with van der Waals surface area (Å²) in [5.41, 5.74) is 1.94. The molecule has 0 radical (unpaired) electrons. The lowest BCUT2D eigenvalue weighted by atomic mass is 9.98. The predicted octanol–water partition coefficient (Wildman–Crippen LogP) is 3.59. The molecule has 0 spiro atoms. The Morgan fingerprint density at radius 2 is 1.26 bits per heavy atom. The zero-order valence-electron chi connectivity index (χ0n) is 27.8. The van der Waals surface area contributed by atoms with Crippen LogP contribution in [0.1, 0.15) is 35.1 Å². The molecule has 1 fully saturated rings. The van der Waals surface area contributed by atoms with Crippen molar-refractivity contribution >= 4 is 23.8 Å². The van der Waals surface area contributed by atoms with Gasteiger partial charge in [-0.15, -0.1) is 0 Å². The summed E-state index contributed by atoms with van der Waals surface area (Å²) in [7, 11) is 1.55. The summed E-state index contributed by atoms with van der Waals surface area (Å²) in [6.45, 7) is 0.235. The highest BCUT2D eigenvalue weighted by molar-refractivity contribution is 5.96. The van der Waals surface area contributed by atoms with Gasteiger partial charge in [0, 0.05) is 13.0 Å². The molecule has 2 unspecified atom stereocenters. The molecule has 0 saturated heterocycles. The molecule has 4 aromatic rings. The number of hydrogen-bond donors (Lipinski definition) is 5. The lowest BCUT2D eigenvalue weighted by molar-refractivity contribution is -0.134. The highest BCUT2D eigenvalue weighted by atomic mass is 16.5. The van der Waals surface area contributed by atoms with Crippen LogP contribution in [0, 0.1) is 0 Å². The molecular formula is C39H42N4O7. The third-order valence-electron chi connectivity index (χ3n) is 8.54. The lowest BCUT2D eigenvalue weighted by Crippen LogP contribution is -2.59. The predicted molar refractivity (Wildman–Crippen MR) is 187 cm³/mol. The van der Waals surface area contributed by atoms with Crippen molar-refractivity contribution in [3.8, 4) is 5.75 Å². The van der Waals surface area contributed by atoms with Gasteiger partial charge in [-0.25, -0.2) is 4.79 Å². The first-order chi connectivity index (χ1) is 24.2. The molecule has 5 N–H and O–H groups in total. The number of carbonyl (C=O) groups is 4. The summed E-state index contributed by atoms with van der Waals surface area (Å²) in [6, 6.07) is 32.5. The molecule has 4 amide bonds. The van der Waals surface area contributed by atoms with Crippen LogP contribution in [-0.2, 0) is 45.1 Å². The van der Waals surface area contributed by atoms with Crippen molar-refractivity contribution in [2.75, 3.05) is 7.11 Å². The van der Waals surface area contributed by atoms with Gasteiger partial charge in [-0.3, -0.25) is 14.4 Å². The second-order valence-electron chi connectivity index (χ2n) is 12.3.